The van der Waals surface area contributed by atoms with Crippen molar-refractivity contribution in [2.45, 2.75) is 33.7 Å². The molecule has 0 aliphatic carbocycles. The predicted molar refractivity (Wildman–Crippen MR) is 79.6 cm³/mol. The van der Waals surface area contributed by atoms with Gasteiger partial charge in [0, 0.05) is 39.2 Å². The van der Waals surface area contributed by atoms with Crippen molar-refractivity contribution in [3.63, 3.8) is 0 Å². The Hall–Kier alpha value is -1.63. The highest BCUT2D eigenvalue weighted by Gasteiger charge is 2.03. The number of rotatable bonds is 8. The number of nitrogens with one attached hydrogen (secondary N) is 2. The SMILES string of the molecule is CCNC(=NCC(C)CO)NCCn1cnnc1CC. The highest BCUT2D eigenvalue weighted by atomic mass is 16.3. The van der Waals surface area contributed by atoms with Crippen LogP contribution in [0.2, 0.25) is 0 Å². The van der Waals surface area contributed by atoms with E-state index in [1.165, 1.54) is 0 Å². The summed E-state index contributed by atoms with van der Waals surface area (Å²) in [4.78, 5) is 4.44. The smallest absolute Gasteiger partial charge is 0.191 e. The summed E-state index contributed by atoms with van der Waals surface area (Å²) in [5.74, 6) is 1.94. The number of hydrogen-bond donors (Lipinski definition) is 3. The van der Waals surface area contributed by atoms with Gasteiger partial charge >= 0.3 is 0 Å². The van der Waals surface area contributed by atoms with Gasteiger partial charge in [0.2, 0.25) is 0 Å². The van der Waals surface area contributed by atoms with Gasteiger partial charge < -0.3 is 20.3 Å². The lowest BCUT2D eigenvalue weighted by Gasteiger charge is -2.13. The maximum absolute atomic E-state index is 9.01. The van der Waals surface area contributed by atoms with Crippen LogP contribution in [0.3, 0.4) is 0 Å². The molecule has 7 nitrogen and oxygen atoms in total. The summed E-state index contributed by atoms with van der Waals surface area (Å²) in [6, 6.07) is 0. The van der Waals surface area contributed by atoms with Gasteiger partial charge in [-0.1, -0.05) is 13.8 Å². The molecule has 0 saturated carbocycles. The quantitative estimate of drug-likeness (QED) is 0.462. The fourth-order valence-electron chi connectivity index (χ4n) is 1.68. The second-order valence-electron chi connectivity index (χ2n) is 4.73. The van der Waals surface area contributed by atoms with E-state index < -0.39 is 0 Å². The zero-order valence-corrected chi connectivity index (χ0v) is 12.6. The lowest BCUT2D eigenvalue weighted by Crippen LogP contribution is -2.39. The number of hydrogen-bond acceptors (Lipinski definition) is 4. The van der Waals surface area contributed by atoms with E-state index in [9.17, 15) is 0 Å². The van der Waals surface area contributed by atoms with E-state index in [2.05, 4.69) is 32.7 Å². The van der Waals surface area contributed by atoms with E-state index in [-0.39, 0.29) is 12.5 Å². The van der Waals surface area contributed by atoms with Crippen molar-refractivity contribution in [1.82, 2.24) is 25.4 Å². The number of aliphatic hydroxyl groups is 1. The van der Waals surface area contributed by atoms with Gasteiger partial charge in [-0.2, -0.15) is 0 Å². The van der Waals surface area contributed by atoms with Crippen LogP contribution in [0.5, 0.6) is 0 Å². The van der Waals surface area contributed by atoms with Crippen molar-refractivity contribution >= 4 is 5.96 Å². The molecule has 0 fully saturated rings. The van der Waals surface area contributed by atoms with E-state index in [1.807, 2.05) is 18.4 Å². The van der Waals surface area contributed by atoms with E-state index in [4.69, 9.17) is 5.11 Å². The summed E-state index contributed by atoms with van der Waals surface area (Å²) < 4.78 is 2.03. The van der Waals surface area contributed by atoms with Gasteiger partial charge in [0.25, 0.3) is 0 Å². The molecule has 1 unspecified atom stereocenters. The van der Waals surface area contributed by atoms with Crippen LogP contribution in [0.1, 0.15) is 26.6 Å². The molecule has 3 N–H and O–H groups in total. The van der Waals surface area contributed by atoms with Gasteiger partial charge in [-0.15, -0.1) is 10.2 Å². The van der Waals surface area contributed by atoms with Crippen molar-refractivity contribution in [2.75, 3.05) is 26.2 Å². The third-order valence-electron chi connectivity index (χ3n) is 2.87. The summed E-state index contributed by atoms with van der Waals surface area (Å²) in [7, 11) is 0. The van der Waals surface area contributed by atoms with E-state index in [1.54, 1.807) is 6.33 Å². The highest BCUT2D eigenvalue weighted by molar-refractivity contribution is 5.79. The second kappa shape index (κ2) is 9.30. The van der Waals surface area contributed by atoms with E-state index in [0.717, 1.165) is 37.8 Å². The molecule has 1 aromatic heterocycles. The van der Waals surface area contributed by atoms with E-state index in [0.29, 0.717) is 6.54 Å². The first-order valence-electron chi connectivity index (χ1n) is 7.20. The van der Waals surface area contributed by atoms with Crippen molar-refractivity contribution in [2.24, 2.45) is 10.9 Å². The molecule has 0 spiro atoms. The Bertz CT molecular complexity index is 403. The van der Waals surface area contributed by atoms with Crippen LogP contribution in [0.25, 0.3) is 0 Å². The third kappa shape index (κ3) is 5.56. The first-order chi connectivity index (χ1) is 9.71. The molecule has 0 amide bonds. The molecule has 0 aliphatic rings. The topological polar surface area (TPSA) is 87.4 Å². The van der Waals surface area contributed by atoms with Crippen LogP contribution in [-0.4, -0.2) is 52.1 Å². The van der Waals surface area contributed by atoms with Crippen molar-refractivity contribution in [3.05, 3.63) is 12.2 Å². The van der Waals surface area contributed by atoms with Crippen LogP contribution in [0.4, 0.5) is 0 Å². The van der Waals surface area contributed by atoms with Crippen LogP contribution in [-0.2, 0) is 13.0 Å². The molecule has 20 heavy (non-hydrogen) atoms. The molecule has 1 rings (SSSR count). The Morgan fingerprint density at radius 3 is 2.90 bits per heavy atom. The van der Waals surface area contributed by atoms with Crippen LogP contribution in [0.15, 0.2) is 11.3 Å². The molecule has 0 saturated heterocycles. The molecule has 0 aliphatic heterocycles. The number of guanidine groups is 1. The molecule has 1 atom stereocenters. The Kier molecular flexibility index (Phi) is 7.64. The standard InChI is InChI=1S/C13H26N6O/c1-4-12-18-17-10-19(12)7-6-15-13(14-5-2)16-8-11(3)9-20/h10-11,20H,4-9H2,1-3H3,(H2,14,15,16). The van der Waals surface area contributed by atoms with Gasteiger partial charge in [-0.05, 0) is 12.8 Å². The number of aliphatic hydroxyl groups excluding tert-OH is 1. The number of aliphatic imine (C=N–C) groups is 1. The van der Waals surface area contributed by atoms with Gasteiger partial charge in [0.15, 0.2) is 5.96 Å². The normalized spacial score (nSPS) is 13.3. The first kappa shape index (κ1) is 16.4. The average molecular weight is 282 g/mol. The van der Waals surface area contributed by atoms with Crippen molar-refractivity contribution in [3.8, 4) is 0 Å². The zero-order valence-electron chi connectivity index (χ0n) is 12.6. The fraction of sp³-hybridized carbons (Fsp3) is 0.769. The minimum absolute atomic E-state index is 0.156. The molecule has 0 radical (unpaired) electrons. The fourth-order valence-corrected chi connectivity index (χ4v) is 1.68. The maximum Gasteiger partial charge on any atom is 0.191 e. The Balaban J connectivity index is 2.42. The molecule has 1 aromatic rings. The molecule has 7 heteroatoms. The summed E-state index contributed by atoms with van der Waals surface area (Å²) in [6.45, 7) is 9.20. The number of aromatic nitrogens is 3. The van der Waals surface area contributed by atoms with Crippen molar-refractivity contribution in [1.29, 1.82) is 0 Å². The predicted octanol–water partition coefficient (Wildman–Crippen LogP) is 0.0240. The molecular formula is C13H26N6O. The number of aryl methyl sites for hydroxylation is 1. The lowest BCUT2D eigenvalue weighted by molar-refractivity contribution is 0.241. The Labute approximate surface area is 120 Å². The van der Waals surface area contributed by atoms with Crippen molar-refractivity contribution < 1.29 is 5.11 Å². The molecule has 1 heterocycles. The third-order valence-corrected chi connectivity index (χ3v) is 2.87. The Morgan fingerprint density at radius 1 is 1.45 bits per heavy atom. The maximum atomic E-state index is 9.01. The Morgan fingerprint density at radius 2 is 2.25 bits per heavy atom. The highest BCUT2D eigenvalue weighted by Crippen LogP contribution is 1.95. The summed E-state index contributed by atoms with van der Waals surface area (Å²) in [6.07, 6.45) is 2.63. The van der Waals surface area contributed by atoms with Gasteiger partial charge in [-0.3, -0.25) is 4.99 Å². The van der Waals surface area contributed by atoms with Gasteiger partial charge in [0.05, 0.1) is 0 Å². The largest absolute Gasteiger partial charge is 0.396 e. The second-order valence-corrected chi connectivity index (χ2v) is 4.73. The summed E-state index contributed by atoms with van der Waals surface area (Å²) in [5, 5.41) is 23.4. The molecule has 114 valence electrons. The average Bonchev–Trinajstić information content (AvgIpc) is 2.91. The monoisotopic (exact) mass is 282 g/mol. The van der Waals surface area contributed by atoms with Gasteiger partial charge in [-0.25, -0.2) is 0 Å². The first-order valence-corrected chi connectivity index (χ1v) is 7.20. The zero-order chi connectivity index (χ0) is 14.8. The molecule has 0 aromatic carbocycles. The summed E-state index contributed by atoms with van der Waals surface area (Å²) >= 11 is 0. The van der Waals surface area contributed by atoms with Crippen LogP contribution >= 0.6 is 0 Å². The lowest BCUT2D eigenvalue weighted by atomic mass is 10.2. The van der Waals surface area contributed by atoms with Crippen LogP contribution in [0, 0.1) is 5.92 Å². The van der Waals surface area contributed by atoms with Gasteiger partial charge in [0.1, 0.15) is 12.2 Å². The molecular weight excluding hydrogens is 256 g/mol. The minimum Gasteiger partial charge on any atom is -0.396 e. The van der Waals surface area contributed by atoms with Crippen LogP contribution < -0.4 is 10.6 Å². The van der Waals surface area contributed by atoms with E-state index >= 15 is 0 Å². The summed E-state index contributed by atoms with van der Waals surface area (Å²) in [5.41, 5.74) is 0. The molecule has 0 bridgehead atoms. The number of nitrogens with zero attached hydrogens (tertiary/aromatic N) is 4. The minimum atomic E-state index is 0.156.